The second-order valence-corrected chi connectivity index (χ2v) is 5.13. The molecule has 0 bridgehead atoms. The van der Waals surface area contributed by atoms with Gasteiger partial charge in [-0.15, -0.1) is 0 Å². The summed E-state index contributed by atoms with van der Waals surface area (Å²) in [4.78, 5) is 8.26. The molecule has 2 heterocycles. The zero-order valence-electron chi connectivity index (χ0n) is 10.9. The van der Waals surface area contributed by atoms with Crippen molar-refractivity contribution in [1.82, 2.24) is 9.97 Å². The molecule has 1 atom stereocenters. The number of hydrogen-bond donors (Lipinski definition) is 1. The van der Waals surface area contributed by atoms with E-state index in [4.69, 9.17) is 16.3 Å². The molecule has 4 nitrogen and oxygen atoms in total. The van der Waals surface area contributed by atoms with Crippen LogP contribution in [0.4, 0.5) is 5.82 Å². The molecule has 2 rings (SSSR count). The van der Waals surface area contributed by atoms with E-state index in [0.29, 0.717) is 17.0 Å². The molecule has 1 aliphatic rings. The monoisotopic (exact) mass is 269 g/mol. The van der Waals surface area contributed by atoms with Crippen molar-refractivity contribution >= 4 is 17.4 Å². The summed E-state index contributed by atoms with van der Waals surface area (Å²) in [5.74, 6) is 0.673. The molecule has 0 spiro atoms. The molecule has 0 aromatic carbocycles. The van der Waals surface area contributed by atoms with Crippen molar-refractivity contribution in [3.63, 3.8) is 0 Å². The van der Waals surface area contributed by atoms with Gasteiger partial charge >= 0.3 is 0 Å². The van der Waals surface area contributed by atoms with Crippen molar-refractivity contribution in [2.45, 2.75) is 51.2 Å². The SMILES string of the molecule is CCC1(CC)CC(Nc2nccnc2Cl)CCO1. The van der Waals surface area contributed by atoms with Crippen LogP contribution >= 0.6 is 11.6 Å². The van der Waals surface area contributed by atoms with E-state index in [0.717, 1.165) is 32.3 Å². The maximum Gasteiger partial charge on any atom is 0.171 e. The Morgan fingerprint density at radius 1 is 1.39 bits per heavy atom. The minimum atomic E-state index is 0.00457. The highest BCUT2D eigenvalue weighted by Gasteiger charge is 2.34. The lowest BCUT2D eigenvalue weighted by atomic mass is 9.86. The van der Waals surface area contributed by atoms with Gasteiger partial charge in [0, 0.05) is 25.0 Å². The number of nitrogens with one attached hydrogen (secondary N) is 1. The summed E-state index contributed by atoms with van der Waals surface area (Å²) in [6.07, 6.45) is 7.30. The van der Waals surface area contributed by atoms with E-state index in [2.05, 4.69) is 29.1 Å². The van der Waals surface area contributed by atoms with Gasteiger partial charge < -0.3 is 10.1 Å². The highest BCUT2D eigenvalue weighted by atomic mass is 35.5. The minimum absolute atomic E-state index is 0.00457. The Hall–Kier alpha value is -0.870. The predicted octanol–water partition coefficient (Wildman–Crippen LogP) is 3.28. The van der Waals surface area contributed by atoms with Gasteiger partial charge in [0.25, 0.3) is 0 Å². The summed E-state index contributed by atoms with van der Waals surface area (Å²) >= 11 is 6.01. The molecule has 1 N–H and O–H groups in total. The summed E-state index contributed by atoms with van der Waals surface area (Å²) in [7, 11) is 0. The van der Waals surface area contributed by atoms with E-state index in [9.17, 15) is 0 Å². The molecule has 18 heavy (non-hydrogen) atoms. The van der Waals surface area contributed by atoms with Gasteiger partial charge in [-0.3, -0.25) is 0 Å². The van der Waals surface area contributed by atoms with Gasteiger partial charge in [0.2, 0.25) is 0 Å². The molecule has 0 amide bonds. The second kappa shape index (κ2) is 5.85. The van der Waals surface area contributed by atoms with E-state index in [-0.39, 0.29) is 5.60 Å². The molecule has 0 saturated carbocycles. The number of ether oxygens (including phenoxy) is 1. The Kier molecular flexibility index (Phi) is 4.40. The van der Waals surface area contributed by atoms with E-state index in [1.165, 1.54) is 0 Å². The summed E-state index contributed by atoms with van der Waals surface area (Å²) in [6, 6.07) is 0.354. The number of hydrogen-bond acceptors (Lipinski definition) is 4. The lowest BCUT2D eigenvalue weighted by Gasteiger charge is -2.40. The minimum Gasteiger partial charge on any atom is -0.375 e. The van der Waals surface area contributed by atoms with E-state index in [1.807, 2.05) is 0 Å². The first-order valence-electron chi connectivity index (χ1n) is 6.56. The standard InChI is InChI=1S/C13H20ClN3O/c1-3-13(4-2)9-10(5-8-18-13)17-12-11(14)15-6-7-16-12/h6-7,10H,3-5,8-9H2,1-2H3,(H,16,17). The smallest absolute Gasteiger partial charge is 0.171 e. The van der Waals surface area contributed by atoms with E-state index in [1.54, 1.807) is 12.4 Å². The normalized spacial score (nSPS) is 22.7. The first kappa shape index (κ1) is 13.6. The Labute approximate surface area is 113 Å². The molecule has 1 aliphatic heterocycles. The van der Waals surface area contributed by atoms with Gasteiger partial charge in [0.1, 0.15) is 0 Å². The van der Waals surface area contributed by atoms with Crippen LogP contribution < -0.4 is 5.32 Å². The molecule has 100 valence electrons. The maximum atomic E-state index is 6.01. The van der Waals surface area contributed by atoms with Gasteiger partial charge in [0.05, 0.1) is 5.60 Å². The van der Waals surface area contributed by atoms with Crippen LogP contribution in [-0.4, -0.2) is 28.2 Å². The second-order valence-electron chi connectivity index (χ2n) is 4.77. The third-order valence-corrected chi connectivity index (χ3v) is 4.05. The van der Waals surface area contributed by atoms with Gasteiger partial charge in [-0.05, 0) is 25.7 Å². The van der Waals surface area contributed by atoms with Crippen molar-refractivity contribution in [1.29, 1.82) is 0 Å². The van der Waals surface area contributed by atoms with Gasteiger partial charge in [0.15, 0.2) is 11.0 Å². The molecule has 0 aliphatic carbocycles. The molecule has 1 fully saturated rings. The first-order valence-corrected chi connectivity index (χ1v) is 6.94. The van der Waals surface area contributed by atoms with E-state index < -0.39 is 0 Å². The molecular formula is C13H20ClN3O. The summed E-state index contributed by atoms with van der Waals surface area (Å²) in [6.45, 7) is 5.15. The number of rotatable bonds is 4. The fraction of sp³-hybridized carbons (Fsp3) is 0.692. The Morgan fingerprint density at radius 3 is 2.78 bits per heavy atom. The third-order valence-electron chi connectivity index (χ3n) is 3.78. The number of aromatic nitrogens is 2. The average Bonchev–Trinajstić information content (AvgIpc) is 2.41. The summed E-state index contributed by atoms with van der Waals surface area (Å²) in [5.41, 5.74) is 0.00457. The van der Waals surface area contributed by atoms with Crippen molar-refractivity contribution in [3.05, 3.63) is 17.5 Å². The maximum absolute atomic E-state index is 6.01. The van der Waals surface area contributed by atoms with E-state index >= 15 is 0 Å². The molecule has 5 heteroatoms. The summed E-state index contributed by atoms with van der Waals surface area (Å²) < 4.78 is 5.95. The Balaban J connectivity index is 2.04. The van der Waals surface area contributed by atoms with Crippen LogP contribution in [0, 0.1) is 0 Å². The number of anilines is 1. The molecule has 1 aromatic heterocycles. The quantitative estimate of drug-likeness (QED) is 0.911. The largest absolute Gasteiger partial charge is 0.375 e. The first-order chi connectivity index (χ1) is 8.69. The fourth-order valence-corrected chi connectivity index (χ4v) is 2.66. The lowest BCUT2D eigenvalue weighted by Crippen LogP contribution is -2.43. The zero-order chi connectivity index (χ0) is 13.0. The van der Waals surface area contributed by atoms with Crippen LogP contribution in [0.1, 0.15) is 39.5 Å². The van der Waals surface area contributed by atoms with Crippen LogP contribution in [0.15, 0.2) is 12.4 Å². The Bertz CT molecular complexity index is 396. The number of halogens is 1. The molecule has 0 radical (unpaired) electrons. The number of nitrogens with zero attached hydrogens (tertiary/aromatic N) is 2. The van der Waals surface area contributed by atoms with Crippen LogP contribution in [0.25, 0.3) is 0 Å². The molecule has 1 saturated heterocycles. The molecule has 1 unspecified atom stereocenters. The highest BCUT2D eigenvalue weighted by Crippen LogP contribution is 2.33. The lowest BCUT2D eigenvalue weighted by molar-refractivity contribution is -0.0864. The van der Waals surface area contributed by atoms with Crippen LogP contribution in [-0.2, 0) is 4.74 Å². The highest BCUT2D eigenvalue weighted by molar-refractivity contribution is 6.31. The van der Waals surface area contributed by atoms with Crippen molar-refractivity contribution in [2.75, 3.05) is 11.9 Å². The predicted molar refractivity (Wildman–Crippen MR) is 73.0 cm³/mol. The Morgan fingerprint density at radius 2 is 2.11 bits per heavy atom. The van der Waals surface area contributed by atoms with Crippen LogP contribution in [0.5, 0.6) is 0 Å². The van der Waals surface area contributed by atoms with Gasteiger partial charge in [-0.25, -0.2) is 9.97 Å². The van der Waals surface area contributed by atoms with Gasteiger partial charge in [-0.1, -0.05) is 25.4 Å². The summed E-state index contributed by atoms with van der Waals surface area (Å²) in [5, 5.41) is 3.82. The van der Waals surface area contributed by atoms with Gasteiger partial charge in [-0.2, -0.15) is 0 Å². The van der Waals surface area contributed by atoms with Crippen LogP contribution in [0.2, 0.25) is 5.15 Å². The van der Waals surface area contributed by atoms with Crippen molar-refractivity contribution in [3.8, 4) is 0 Å². The molecule has 1 aromatic rings. The zero-order valence-corrected chi connectivity index (χ0v) is 11.7. The topological polar surface area (TPSA) is 47.0 Å². The fourth-order valence-electron chi connectivity index (χ4n) is 2.50. The third kappa shape index (κ3) is 2.93. The average molecular weight is 270 g/mol. The molecular weight excluding hydrogens is 250 g/mol. The van der Waals surface area contributed by atoms with Crippen molar-refractivity contribution in [2.24, 2.45) is 0 Å². The van der Waals surface area contributed by atoms with Crippen LogP contribution in [0.3, 0.4) is 0 Å². The van der Waals surface area contributed by atoms with Crippen molar-refractivity contribution < 1.29 is 4.74 Å².